The highest BCUT2D eigenvalue weighted by Crippen LogP contribution is 2.66. The van der Waals surface area contributed by atoms with Crippen LogP contribution in [0.5, 0.6) is 0 Å². The highest BCUT2D eigenvalue weighted by molar-refractivity contribution is 5.87. The zero-order valence-electron chi connectivity index (χ0n) is 31.3. The molecule has 3 fully saturated rings. The Hall–Kier alpha value is -5.11. The number of nitrogens with one attached hydrogen (secondary N) is 3. The summed E-state index contributed by atoms with van der Waals surface area (Å²) in [6.07, 6.45) is 11.1. The fraction of sp³-hybridized carbons (Fsp3) is 0.413. The summed E-state index contributed by atoms with van der Waals surface area (Å²) in [5, 5.41) is 3.72. The first-order valence-corrected chi connectivity index (χ1v) is 19.7. The third-order valence-corrected chi connectivity index (χ3v) is 14.3. The van der Waals surface area contributed by atoms with Crippen LogP contribution in [-0.2, 0) is 19.2 Å². The summed E-state index contributed by atoms with van der Waals surface area (Å²) in [5.41, 5.74) is 11.2. The third-order valence-electron chi connectivity index (χ3n) is 14.3. The number of ketones is 1. The second-order valence-electron chi connectivity index (χ2n) is 16.9. The van der Waals surface area contributed by atoms with Crippen molar-refractivity contribution in [1.82, 2.24) is 15.8 Å². The number of carbonyl (C=O) groups is 3. The van der Waals surface area contributed by atoms with Gasteiger partial charge in [-0.05, 0) is 126 Å². The number of para-hydroxylation sites is 1. The summed E-state index contributed by atoms with van der Waals surface area (Å²) in [4.78, 5) is 49.0. The molecule has 1 aromatic heterocycles. The number of ether oxygens (including phenoxy) is 1. The Balaban J connectivity index is 0.886. The van der Waals surface area contributed by atoms with Crippen LogP contribution in [0.4, 0.5) is 4.79 Å². The molecule has 4 aromatic rings. The second kappa shape index (κ2) is 13.3. The average molecular weight is 724 g/mol. The van der Waals surface area contributed by atoms with Crippen LogP contribution < -0.4 is 10.8 Å². The molecule has 5 aliphatic rings. The number of Topliss-reactive ketones (excluding diaryl/α,β-unsaturated/α-hetero) is 1. The van der Waals surface area contributed by atoms with Crippen molar-refractivity contribution in [3.63, 3.8) is 0 Å². The molecule has 1 heterocycles. The van der Waals surface area contributed by atoms with E-state index in [0.717, 1.165) is 83.8 Å². The van der Waals surface area contributed by atoms with Crippen molar-refractivity contribution in [1.29, 1.82) is 0 Å². The Morgan fingerprint density at radius 1 is 0.889 bits per heavy atom. The molecule has 0 bridgehead atoms. The van der Waals surface area contributed by atoms with E-state index in [-0.39, 0.29) is 29.3 Å². The van der Waals surface area contributed by atoms with Gasteiger partial charge in [0.15, 0.2) is 6.04 Å². The highest BCUT2D eigenvalue weighted by Gasteiger charge is 2.59. The van der Waals surface area contributed by atoms with Crippen LogP contribution in [-0.4, -0.2) is 29.4 Å². The van der Waals surface area contributed by atoms with Gasteiger partial charge in [0.2, 0.25) is 0 Å². The van der Waals surface area contributed by atoms with E-state index in [0.29, 0.717) is 29.2 Å². The second-order valence-corrected chi connectivity index (χ2v) is 16.9. The van der Waals surface area contributed by atoms with Crippen molar-refractivity contribution in [2.75, 3.05) is 6.61 Å². The first-order chi connectivity index (χ1) is 26.1. The van der Waals surface area contributed by atoms with Gasteiger partial charge in [0, 0.05) is 17.4 Å². The smallest absolute Gasteiger partial charge is 0.408 e. The van der Waals surface area contributed by atoms with E-state index in [1.165, 1.54) is 5.57 Å². The summed E-state index contributed by atoms with van der Waals surface area (Å²) in [6, 6.07) is 24.8. The Labute approximate surface area is 316 Å². The van der Waals surface area contributed by atoms with E-state index in [4.69, 9.17) is 9.57 Å². The first kappa shape index (κ1) is 34.6. The molecule has 1 amide bonds. The SMILES string of the molecule is CC(=O)[C@H]1CCC2C3CCC4=CC(NOC(=O)[C@@H](NC(=O)OCC5c6ccccc6-c6ccccc65)c5cc6ccccc6[nH]5)=CC[C@]4(C)C3CC[C@@]21C. The maximum Gasteiger partial charge on any atom is 0.408 e. The van der Waals surface area contributed by atoms with Gasteiger partial charge in [-0.15, -0.1) is 0 Å². The van der Waals surface area contributed by atoms with E-state index in [1.807, 2.05) is 54.6 Å². The van der Waals surface area contributed by atoms with Gasteiger partial charge in [-0.1, -0.05) is 92.2 Å². The lowest BCUT2D eigenvalue weighted by Gasteiger charge is -2.57. The zero-order valence-corrected chi connectivity index (χ0v) is 31.3. The monoisotopic (exact) mass is 723 g/mol. The minimum atomic E-state index is -1.14. The van der Waals surface area contributed by atoms with Gasteiger partial charge in [-0.25, -0.2) is 15.1 Å². The fourth-order valence-electron chi connectivity index (χ4n) is 11.6. The van der Waals surface area contributed by atoms with Crippen LogP contribution in [0.15, 0.2) is 102 Å². The molecule has 278 valence electrons. The molecule has 7 atom stereocenters. The number of allylic oxidation sites excluding steroid dienone is 3. The van der Waals surface area contributed by atoms with Gasteiger partial charge >= 0.3 is 12.1 Å². The maximum absolute atomic E-state index is 13.9. The molecule has 3 aromatic carbocycles. The largest absolute Gasteiger partial charge is 0.449 e. The van der Waals surface area contributed by atoms with Crippen molar-refractivity contribution in [2.24, 2.45) is 34.5 Å². The topological polar surface area (TPSA) is 110 Å². The number of benzene rings is 3. The van der Waals surface area contributed by atoms with Crippen LogP contribution in [0.1, 0.15) is 94.5 Å². The van der Waals surface area contributed by atoms with Gasteiger partial charge < -0.3 is 19.9 Å². The Morgan fingerprint density at radius 2 is 1.61 bits per heavy atom. The molecule has 0 radical (unpaired) electrons. The molecule has 0 aliphatic heterocycles. The summed E-state index contributed by atoms with van der Waals surface area (Å²) in [6.45, 7) is 6.73. The normalized spacial score (nSPS) is 28.6. The molecule has 3 saturated carbocycles. The lowest BCUT2D eigenvalue weighted by atomic mass is 9.47. The summed E-state index contributed by atoms with van der Waals surface area (Å²) in [7, 11) is 0. The van der Waals surface area contributed by atoms with Crippen LogP contribution in [0.3, 0.4) is 0 Å². The van der Waals surface area contributed by atoms with Gasteiger partial charge in [0.25, 0.3) is 0 Å². The number of carbonyl (C=O) groups excluding carboxylic acids is 3. The highest BCUT2D eigenvalue weighted by atomic mass is 16.7. The van der Waals surface area contributed by atoms with Crippen LogP contribution in [0.25, 0.3) is 22.0 Å². The summed E-state index contributed by atoms with van der Waals surface area (Å²) < 4.78 is 5.84. The predicted molar refractivity (Wildman–Crippen MR) is 208 cm³/mol. The predicted octanol–water partition coefficient (Wildman–Crippen LogP) is 9.46. The van der Waals surface area contributed by atoms with E-state index in [2.05, 4.69) is 66.0 Å². The number of H-pyrrole nitrogens is 1. The third kappa shape index (κ3) is 5.68. The molecule has 0 spiro atoms. The molecule has 8 heteroatoms. The number of fused-ring (bicyclic) bond motifs is 9. The molecule has 3 N–H and O–H groups in total. The Morgan fingerprint density at radius 3 is 2.35 bits per heavy atom. The maximum atomic E-state index is 13.9. The van der Waals surface area contributed by atoms with Gasteiger partial charge in [-0.2, -0.15) is 0 Å². The van der Waals surface area contributed by atoms with Crippen molar-refractivity contribution >= 4 is 28.7 Å². The van der Waals surface area contributed by atoms with Gasteiger partial charge in [0.1, 0.15) is 12.4 Å². The van der Waals surface area contributed by atoms with Crippen molar-refractivity contribution in [3.05, 3.63) is 119 Å². The van der Waals surface area contributed by atoms with Crippen LogP contribution >= 0.6 is 0 Å². The number of hydrogen-bond acceptors (Lipinski definition) is 6. The molecule has 54 heavy (non-hydrogen) atoms. The zero-order chi connectivity index (χ0) is 37.2. The standard InChI is InChI=1S/C46H49N3O5/c1-27(50)37-18-19-38-35-17-16-29-25-30(20-22-45(29,2)39(35)21-23-46(37,38)3)49-54-43(51)42(41-24-28-10-4-9-15-40(28)47-41)48-44(52)53-26-36-33-13-7-5-11-31(33)32-12-6-8-14-34(32)36/h4-15,20,24-25,35-39,42,47,49H,16-19,21-23,26H2,1-3H3,(H,48,52)/t35?,37-,38?,39?,42+,45+,46-/m1/s1. The molecule has 3 unspecified atom stereocenters. The molecule has 9 rings (SSSR count). The summed E-state index contributed by atoms with van der Waals surface area (Å²) in [5.74, 6) is 1.64. The van der Waals surface area contributed by atoms with E-state index in [9.17, 15) is 14.4 Å². The quantitative estimate of drug-likeness (QED) is 0.156. The number of amides is 1. The van der Waals surface area contributed by atoms with Crippen molar-refractivity contribution < 1.29 is 24.0 Å². The number of rotatable bonds is 8. The molecular weight excluding hydrogens is 675 g/mol. The molecule has 0 saturated heterocycles. The van der Waals surface area contributed by atoms with E-state index in [1.54, 1.807) is 6.92 Å². The van der Waals surface area contributed by atoms with E-state index >= 15 is 0 Å². The first-order valence-electron chi connectivity index (χ1n) is 19.7. The molecular formula is C46H49N3O5. The Bertz CT molecular complexity index is 2140. The fourth-order valence-corrected chi connectivity index (χ4v) is 11.6. The van der Waals surface area contributed by atoms with Gasteiger partial charge in [-0.3, -0.25) is 4.79 Å². The Kier molecular flexibility index (Phi) is 8.55. The minimum Gasteiger partial charge on any atom is -0.449 e. The average Bonchev–Trinajstić information content (AvgIpc) is 3.86. The van der Waals surface area contributed by atoms with Crippen LogP contribution in [0, 0.1) is 34.5 Å². The van der Waals surface area contributed by atoms with Crippen molar-refractivity contribution in [2.45, 2.75) is 77.7 Å². The number of alkyl carbamates (subject to hydrolysis) is 1. The molecule has 5 aliphatic carbocycles. The van der Waals surface area contributed by atoms with E-state index < -0.39 is 18.1 Å². The van der Waals surface area contributed by atoms with Gasteiger partial charge in [0.05, 0.1) is 11.4 Å². The minimum absolute atomic E-state index is 0.0479. The number of aromatic nitrogens is 1. The van der Waals surface area contributed by atoms with Crippen LogP contribution in [0.2, 0.25) is 0 Å². The summed E-state index contributed by atoms with van der Waals surface area (Å²) >= 11 is 0. The number of aromatic amines is 1. The number of hydrogen-bond donors (Lipinski definition) is 3. The lowest BCUT2D eigenvalue weighted by Crippen LogP contribution is -2.50. The van der Waals surface area contributed by atoms with Crippen molar-refractivity contribution in [3.8, 4) is 11.1 Å². The lowest BCUT2D eigenvalue weighted by molar-refractivity contribution is -0.152. The molecule has 8 nitrogen and oxygen atoms in total. The number of hydroxylamine groups is 1.